The molecular formula is C20H32IN5. The molecule has 0 saturated carbocycles. The molecule has 0 radical (unpaired) electrons. The first kappa shape index (κ1) is 22.5. The fourth-order valence-electron chi connectivity index (χ4n) is 2.81. The van der Waals surface area contributed by atoms with E-state index in [0.29, 0.717) is 18.4 Å². The SMILES string of the molecule is CN=C(NCc1nccn1CC(C)C)NC(C)C(C)c1ccccc1.I. The molecular weight excluding hydrogens is 437 g/mol. The van der Waals surface area contributed by atoms with Crippen LogP contribution in [0.1, 0.15) is 45.0 Å². The molecule has 6 heteroatoms. The minimum Gasteiger partial charge on any atom is -0.353 e. The van der Waals surface area contributed by atoms with E-state index in [2.05, 4.69) is 77.1 Å². The summed E-state index contributed by atoms with van der Waals surface area (Å²) >= 11 is 0. The second-order valence-electron chi connectivity index (χ2n) is 6.95. The van der Waals surface area contributed by atoms with Gasteiger partial charge < -0.3 is 15.2 Å². The van der Waals surface area contributed by atoms with Gasteiger partial charge in [0.05, 0.1) is 6.54 Å². The number of rotatable bonds is 7. The van der Waals surface area contributed by atoms with Crippen molar-refractivity contribution >= 4 is 29.9 Å². The Balaban J connectivity index is 0.00000338. The third-order valence-electron chi connectivity index (χ3n) is 4.44. The number of guanidine groups is 1. The van der Waals surface area contributed by atoms with E-state index in [0.717, 1.165) is 18.3 Å². The first-order valence-electron chi connectivity index (χ1n) is 9.03. The summed E-state index contributed by atoms with van der Waals surface area (Å²) < 4.78 is 2.20. The molecule has 2 unspecified atom stereocenters. The highest BCUT2D eigenvalue weighted by Crippen LogP contribution is 2.18. The zero-order chi connectivity index (χ0) is 18.2. The number of aliphatic imine (C=N–C) groups is 1. The quantitative estimate of drug-likeness (QED) is 0.366. The number of imidazole rings is 1. The normalized spacial score (nSPS) is 13.8. The summed E-state index contributed by atoms with van der Waals surface area (Å²) in [5.41, 5.74) is 1.32. The standard InChI is InChI=1S/C20H31N5.HI/c1-15(2)14-25-12-11-22-19(25)13-23-20(21-5)24-17(4)16(3)18-9-7-6-8-10-18;/h6-12,15-17H,13-14H2,1-5H3,(H2,21,23,24);1H. The number of aromatic nitrogens is 2. The maximum Gasteiger partial charge on any atom is 0.191 e. The summed E-state index contributed by atoms with van der Waals surface area (Å²) in [6, 6.07) is 10.8. The van der Waals surface area contributed by atoms with Gasteiger partial charge in [-0.05, 0) is 18.4 Å². The Labute approximate surface area is 174 Å². The van der Waals surface area contributed by atoms with Gasteiger partial charge in [0.25, 0.3) is 0 Å². The Kier molecular flexibility index (Phi) is 9.69. The van der Waals surface area contributed by atoms with Gasteiger partial charge in [-0.3, -0.25) is 4.99 Å². The fraction of sp³-hybridized carbons (Fsp3) is 0.500. The Bertz CT molecular complexity index is 666. The van der Waals surface area contributed by atoms with E-state index in [1.807, 2.05) is 18.5 Å². The van der Waals surface area contributed by atoms with Crippen LogP contribution in [0, 0.1) is 5.92 Å². The highest BCUT2D eigenvalue weighted by atomic mass is 127. The predicted octanol–water partition coefficient (Wildman–Crippen LogP) is 4.01. The number of hydrogen-bond acceptors (Lipinski definition) is 2. The molecule has 2 atom stereocenters. The van der Waals surface area contributed by atoms with E-state index in [4.69, 9.17) is 0 Å². The molecule has 0 fully saturated rings. The largest absolute Gasteiger partial charge is 0.353 e. The molecule has 0 aliphatic carbocycles. The monoisotopic (exact) mass is 469 g/mol. The Morgan fingerprint density at radius 1 is 1.15 bits per heavy atom. The van der Waals surface area contributed by atoms with Gasteiger partial charge in [-0.2, -0.15) is 0 Å². The van der Waals surface area contributed by atoms with E-state index in [9.17, 15) is 0 Å². The summed E-state index contributed by atoms with van der Waals surface area (Å²) in [6.07, 6.45) is 3.89. The molecule has 2 aromatic rings. The average Bonchev–Trinajstić information content (AvgIpc) is 3.04. The van der Waals surface area contributed by atoms with Crippen LogP contribution in [0.4, 0.5) is 0 Å². The maximum absolute atomic E-state index is 4.46. The Morgan fingerprint density at radius 2 is 1.85 bits per heavy atom. The molecule has 1 heterocycles. The average molecular weight is 469 g/mol. The van der Waals surface area contributed by atoms with E-state index >= 15 is 0 Å². The molecule has 0 spiro atoms. The van der Waals surface area contributed by atoms with Crippen LogP contribution < -0.4 is 10.6 Å². The summed E-state index contributed by atoms with van der Waals surface area (Å²) in [4.78, 5) is 8.81. The fourth-order valence-corrected chi connectivity index (χ4v) is 2.81. The smallest absolute Gasteiger partial charge is 0.191 e. The number of halogens is 1. The summed E-state index contributed by atoms with van der Waals surface area (Å²) in [5, 5.41) is 6.87. The van der Waals surface area contributed by atoms with Crippen molar-refractivity contribution in [3.63, 3.8) is 0 Å². The lowest BCUT2D eigenvalue weighted by Gasteiger charge is -2.24. The molecule has 26 heavy (non-hydrogen) atoms. The highest BCUT2D eigenvalue weighted by molar-refractivity contribution is 14.0. The highest BCUT2D eigenvalue weighted by Gasteiger charge is 2.15. The van der Waals surface area contributed by atoms with Gasteiger partial charge in [0.1, 0.15) is 5.82 Å². The molecule has 2 rings (SSSR count). The predicted molar refractivity (Wildman–Crippen MR) is 120 cm³/mol. The minimum absolute atomic E-state index is 0. The maximum atomic E-state index is 4.46. The molecule has 2 N–H and O–H groups in total. The van der Waals surface area contributed by atoms with Crippen molar-refractivity contribution < 1.29 is 0 Å². The van der Waals surface area contributed by atoms with Crippen LogP contribution in [0.5, 0.6) is 0 Å². The second-order valence-corrected chi connectivity index (χ2v) is 6.95. The van der Waals surface area contributed by atoms with E-state index in [-0.39, 0.29) is 30.0 Å². The van der Waals surface area contributed by atoms with Crippen molar-refractivity contribution in [2.75, 3.05) is 7.05 Å². The van der Waals surface area contributed by atoms with Crippen molar-refractivity contribution in [1.82, 2.24) is 20.2 Å². The lowest BCUT2D eigenvalue weighted by molar-refractivity contribution is 0.501. The number of benzene rings is 1. The van der Waals surface area contributed by atoms with Crippen LogP contribution in [0.3, 0.4) is 0 Å². The van der Waals surface area contributed by atoms with Crippen LogP contribution in [0.25, 0.3) is 0 Å². The summed E-state index contributed by atoms with van der Waals surface area (Å²) in [5.74, 6) is 2.81. The van der Waals surface area contributed by atoms with Crippen molar-refractivity contribution in [3.05, 3.63) is 54.1 Å². The van der Waals surface area contributed by atoms with Gasteiger partial charge in [-0.25, -0.2) is 4.98 Å². The molecule has 1 aromatic carbocycles. The molecule has 1 aromatic heterocycles. The Hall–Kier alpha value is -1.57. The second kappa shape index (κ2) is 11.2. The van der Waals surface area contributed by atoms with E-state index in [1.165, 1.54) is 5.56 Å². The van der Waals surface area contributed by atoms with Gasteiger partial charge in [0.15, 0.2) is 5.96 Å². The molecule has 0 amide bonds. The molecule has 0 aliphatic rings. The Morgan fingerprint density at radius 3 is 2.46 bits per heavy atom. The lowest BCUT2D eigenvalue weighted by Crippen LogP contribution is -2.44. The van der Waals surface area contributed by atoms with Crippen LogP contribution in [0.15, 0.2) is 47.7 Å². The number of nitrogens with one attached hydrogen (secondary N) is 2. The molecule has 5 nitrogen and oxygen atoms in total. The molecule has 0 saturated heterocycles. The first-order valence-corrected chi connectivity index (χ1v) is 9.03. The van der Waals surface area contributed by atoms with Crippen molar-refractivity contribution in [1.29, 1.82) is 0 Å². The molecule has 0 aliphatic heterocycles. The minimum atomic E-state index is 0. The van der Waals surface area contributed by atoms with Crippen LogP contribution >= 0.6 is 24.0 Å². The molecule has 144 valence electrons. The van der Waals surface area contributed by atoms with Gasteiger partial charge in [-0.15, -0.1) is 24.0 Å². The van der Waals surface area contributed by atoms with Crippen LogP contribution in [0.2, 0.25) is 0 Å². The number of hydrogen-bond donors (Lipinski definition) is 2. The summed E-state index contributed by atoms with van der Waals surface area (Å²) in [7, 11) is 1.80. The third-order valence-corrected chi connectivity index (χ3v) is 4.44. The lowest BCUT2D eigenvalue weighted by atomic mass is 9.94. The summed E-state index contributed by atoms with van der Waals surface area (Å²) in [6.45, 7) is 10.5. The van der Waals surface area contributed by atoms with Gasteiger partial charge in [-0.1, -0.05) is 51.1 Å². The van der Waals surface area contributed by atoms with Gasteiger partial charge in [0, 0.05) is 37.9 Å². The number of nitrogens with zero attached hydrogens (tertiary/aromatic N) is 3. The van der Waals surface area contributed by atoms with Gasteiger partial charge >= 0.3 is 0 Å². The van der Waals surface area contributed by atoms with Gasteiger partial charge in [0.2, 0.25) is 0 Å². The van der Waals surface area contributed by atoms with Crippen molar-refractivity contribution in [2.24, 2.45) is 10.9 Å². The first-order chi connectivity index (χ1) is 12.0. The third kappa shape index (κ3) is 6.63. The van der Waals surface area contributed by atoms with E-state index in [1.54, 1.807) is 7.05 Å². The van der Waals surface area contributed by atoms with Crippen molar-refractivity contribution in [3.8, 4) is 0 Å². The van der Waals surface area contributed by atoms with E-state index < -0.39 is 0 Å². The topological polar surface area (TPSA) is 54.2 Å². The van der Waals surface area contributed by atoms with Crippen LogP contribution in [-0.4, -0.2) is 28.6 Å². The van der Waals surface area contributed by atoms with Crippen molar-refractivity contribution in [2.45, 2.75) is 52.7 Å². The van der Waals surface area contributed by atoms with Crippen LogP contribution in [-0.2, 0) is 13.1 Å². The molecule has 0 bridgehead atoms. The zero-order valence-corrected chi connectivity index (χ0v) is 18.8. The zero-order valence-electron chi connectivity index (χ0n) is 16.4.